The van der Waals surface area contributed by atoms with Gasteiger partial charge in [0.1, 0.15) is 4.99 Å². The largest absolute Gasteiger partial charge is 0.389 e. The van der Waals surface area contributed by atoms with Crippen molar-refractivity contribution < 1.29 is 4.79 Å². The number of hydrogen-bond acceptors (Lipinski definition) is 3. The van der Waals surface area contributed by atoms with E-state index in [1.807, 2.05) is 25.1 Å². The summed E-state index contributed by atoms with van der Waals surface area (Å²) in [6.07, 6.45) is 1.13. The molecule has 2 rings (SSSR count). The van der Waals surface area contributed by atoms with Gasteiger partial charge in [-0.2, -0.15) is 0 Å². The molecule has 0 aliphatic carbocycles. The monoisotopic (exact) mass is 305 g/mol. The molecule has 1 heterocycles. The Morgan fingerprint density at radius 3 is 2.76 bits per heavy atom. The number of nitrogens with two attached hydrogens (primary N) is 1. The predicted molar refractivity (Wildman–Crippen MR) is 90.4 cm³/mol. The highest BCUT2D eigenvalue weighted by molar-refractivity contribution is 7.80. The first-order valence-corrected chi connectivity index (χ1v) is 7.64. The SMILES string of the molecule is CC(C(=O)Nc1cccc(C(N)=S)c1)N1CCC(C)(C)C1. The Kier molecular flexibility index (Phi) is 4.64. The van der Waals surface area contributed by atoms with Crippen molar-refractivity contribution in [2.75, 3.05) is 18.4 Å². The van der Waals surface area contributed by atoms with Crippen LogP contribution in [0.5, 0.6) is 0 Å². The summed E-state index contributed by atoms with van der Waals surface area (Å²) in [6, 6.07) is 7.19. The van der Waals surface area contributed by atoms with E-state index >= 15 is 0 Å². The maximum absolute atomic E-state index is 12.4. The maximum atomic E-state index is 12.4. The van der Waals surface area contributed by atoms with Crippen molar-refractivity contribution >= 4 is 28.8 Å². The van der Waals surface area contributed by atoms with Crippen LogP contribution in [0.25, 0.3) is 0 Å². The van der Waals surface area contributed by atoms with Gasteiger partial charge in [0, 0.05) is 17.8 Å². The lowest BCUT2D eigenvalue weighted by Crippen LogP contribution is -2.41. The zero-order valence-corrected chi connectivity index (χ0v) is 13.7. The molecule has 3 N–H and O–H groups in total. The van der Waals surface area contributed by atoms with Gasteiger partial charge in [-0.1, -0.05) is 38.2 Å². The van der Waals surface area contributed by atoms with Crippen LogP contribution in [0.4, 0.5) is 5.69 Å². The number of benzene rings is 1. The summed E-state index contributed by atoms with van der Waals surface area (Å²) in [7, 11) is 0. The van der Waals surface area contributed by atoms with E-state index in [1.165, 1.54) is 0 Å². The van der Waals surface area contributed by atoms with Crippen molar-refractivity contribution in [3.8, 4) is 0 Å². The highest BCUT2D eigenvalue weighted by atomic mass is 32.1. The summed E-state index contributed by atoms with van der Waals surface area (Å²) in [5.41, 5.74) is 7.40. The molecule has 1 atom stereocenters. The summed E-state index contributed by atoms with van der Waals surface area (Å²) >= 11 is 4.96. The molecule has 1 aromatic rings. The number of nitrogens with one attached hydrogen (secondary N) is 1. The molecule has 1 saturated heterocycles. The van der Waals surface area contributed by atoms with E-state index in [0.29, 0.717) is 10.4 Å². The van der Waals surface area contributed by atoms with Gasteiger partial charge < -0.3 is 11.1 Å². The van der Waals surface area contributed by atoms with Gasteiger partial charge in [-0.05, 0) is 37.4 Å². The number of carbonyl (C=O) groups is 1. The van der Waals surface area contributed by atoms with Crippen LogP contribution in [0.2, 0.25) is 0 Å². The Bertz CT molecular complexity index is 556. The molecule has 1 unspecified atom stereocenters. The Morgan fingerprint density at radius 1 is 1.48 bits per heavy atom. The lowest BCUT2D eigenvalue weighted by Gasteiger charge is -2.25. The van der Waals surface area contributed by atoms with Crippen LogP contribution >= 0.6 is 12.2 Å². The zero-order chi connectivity index (χ0) is 15.6. The molecule has 0 radical (unpaired) electrons. The van der Waals surface area contributed by atoms with E-state index in [2.05, 4.69) is 24.1 Å². The van der Waals surface area contributed by atoms with Gasteiger partial charge in [0.2, 0.25) is 5.91 Å². The third-order valence-electron chi connectivity index (χ3n) is 4.05. The molecule has 0 saturated carbocycles. The molecule has 5 heteroatoms. The molecule has 0 aromatic heterocycles. The van der Waals surface area contributed by atoms with Crippen molar-refractivity contribution in [1.29, 1.82) is 0 Å². The lowest BCUT2D eigenvalue weighted by molar-refractivity contribution is -0.120. The maximum Gasteiger partial charge on any atom is 0.241 e. The highest BCUT2D eigenvalue weighted by Gasteiger charge is 2.34. The van der Waals surface area contributed by atoms with Crippen LogP contribution in [0.3, 0.4) is 0 Å². The van der Waals surface area contributed by atoms with E-state index in [4.69, 9.17) is 18.0 Å². The van der Waals surface area contributed by atoms with Crippen molar-refractivity contribution in [1.82, 2.24) is 4.90 Å². The molecule has 1 aromatic carbocycles. The number of thiocarbonyl (C=S) groups is 1. The fraction of sp³-hybridized carbons (Fsp3) is 0.500. The predicted octanol–water partition coefficient (Wildman–Crippen LogP) is 2.38. The fourth-order valence-electron chi connectivity index (χ4n) is 2.65. The Balaban J connectivity index is 2.01. The minimum atomic E-state index is -0.139. The molecular formula is C16H23N3OS. The van der Waals surface area contributed by atoms with Crippen LogP contribution in [0, 0.1) is 5.41 Å². The average molecular weight is 305 g/mol. The molecule has 0 spiro atoms. The number of amides is 1. The van der Waals surface area contributed by atoms with Crippen LogP contribution in [-0.2, 0) is 4.79 Å². The summed E-state index contributed by atoms with van der Waals surface area (Å²) < 4.78 is 0. The average Bonchev–Trinajstić information content (AvgIpc) is 2.78. The van der Waals surface area contributed by atoms with Crippen molar-refractivity contribution in [2.24, 2.45) is 11.1 Å². The Labute approximate surface area is 131 Å². The summed E-state index contributed by atoms with van der Waals surface area (Å²) in [5.74, 6) is 0.00721. The smallest absolute Gasteiger partial charge is 0.241 e. The van der Waals surface area contributed by atoms with Gasteiger partial charge in [-0.25, -0.2) is 0 Å². The number of carbonyl (C=O) groups excluding carboxylic acids is 1. The standard InChI is InChI=1S/C16H23N3OS/c1-11(19-8-7-16(2,3)10-19)15(20)18-13-6-4-5-12(9-13)14(17)21/h4-6,9,11H,7-8,10H2,1-3H3,(H2,17,21)(H,18,20). The third kappa shape index (κ3) is 4.02. The number of rotatable bonds is 4. The lowest BCUT2D eigenvalue weighted by atomic mass is 9.93. The minimum Gasteiger partial charge on any atom is -0.389 e. The van der Waals surface area contributed by atoms with Gasteiger partial charge in [0.25, 0.3) is 0 Å². The van der Waals surface area contributed by atoms with Gasteiger partial charge in [0.05, 0.1) is 6.04 Å². The van der Waals surface area contributed by atoms with Gasteiger partial charge in [0.15, 0.2) is 0 Å². The quantitative estimate of drug-likeness (QED) is 0.839. The molecule has 21 heavy (non-hydrogen) atoms. The second-order valence-corrected chi connectivity index (χ2v) is 6.93. The molecule has 0 bridgehead atoms. The number of anilines is 1. The van der Waals surface area contributed by atoms with Crippen LogP contribution in [-0.4, -0.2) is 34.9 Å². The second kappa shape index (κ2) is 6.12. The zero-order valence-electron chi connectivity index (χ0n) is 12.8. The van der Waals surface area contributed by atoms with E-state index in [0.717, 1.165) is 30.8 Å². The van der Waals surface area contributed by atoms with Crippen molar-refractivity contribution in [3.63, 3.8) is 0 Å². The van der Waals surface area contributed by atoms with Crippen LogP contribution in [0.1, 0.15) is 32.8 Å². The van der Waals surface area contributed by atoms with Gasteiger partial charge in [-0.15, -0.1) is 0 Å². The van der Waals surface area contributed by atoms with E-state index in [-0.39, 0.29) is 11.9 Å². The molecule has 1 aliphatic rings. The number of likely N-dealkylation sites (tertiary alicyclic amines) is 1. The number of nitrogens with zero attached hydrogens (tertiary/aromatic N) is 1. The highest BCUT2D eigenvalue weighted by Crippen LogP contribution is 2.30. The van der Waals surface area contributed by atoms with E-state index < -0.39 is 0 Å². The van der Waals surface area contributed by atoms with Crippen molar-refractivity contribution in [2.45, 2.75) is 33.2 Å². The van der Waals surface area contributed by atoms with E-state index in [1.54, 1.807) is 6.07 Å². The van der Waals surface area contributed by atoms with Crippen LogP contribution in [0.15, 0.2) is 24.3 Å². The summed E-state index contributed by atoms with van der Waals surface area (Å²) in [5, 5.41) is 2.95. The minimum absolute atomic E-state index is 0.00721. The normalized spacial score (nSPS) is 19.2. The summed E-state index contributed by atoms with van der Waals surface area (Å²) in [6.45, 7) is 8.35. The molecule has 1 aliphatic heterocycles. The molecule has 1 fully saturated rings. The first-order chi connectivity index (χ1) is 9.78. The summed E-state index contributed by atoms with van der Waals surface area (Å²) in [4.78, 5) is 14.9. The Morgan fingerprint density at radius 2 is 2.19 bits per heavy atom. The molecule has 1 amide bonds. The first kappa shape index (κ1) is 15.9. The molecular weight excluding hydrogens is 282 g/mol. The van der Waals surface area contributed by atoms with Crippen LogP contribution < -0.4 is 11.1 Å². The number of hydrogen-bond donors (Lipinski definition) is 2. The first-order valence-electron chi connectivity index (χ1n) is 7.23. The fourth-order valence-corrected chi connectivity index (χ4v) is 2.77. The van der Waals surface area contributed by atoms with Crippen molar-refractivity contribution in [3.05, 3.63) is 29.8 Å². The van der Waals surface area contributed by atoms with E-state index in [9.17, 15) is 4.79 Å². The molecule has 4 nitrogen and oxygen atoms in total. The van der Waals surface area contributed by atoms with Gasteiger partial charge in [-0.3, -0.25) is 9.69 Å². The second-order valence-electron chi connectivity index (χ2n) is 6.49. The van der Waals surface area contributed by atoms with Gasteiger partial charge >= 0.3 is 0 Å². The molecule has 114 valence electrons. The third-order valence-corrected chi connectivity index (χ3v) is 4.28. The topological polar surface area (TPSA) is 58.4 Å². The Hall–Kier alpha value is -1.46.